The van der Waals surface area contributed by atoms with Gasteiger partial charge < -0.3 is 20.1 Å². The summed E-state index contributed by atoms with van der Waals surface area (Å²) < 4.78 is 11.8. The summed E-state index contributed by atoms with van der Waals surface area (Å²) in [4.78, 5) is 35.6. The molecule has 3 N–H and O–H groups in total. The molecule has 0 saturated carbocycles. The van der Waals surface area contributed by atoms with E-state index < -0.39 is 11.8 Å². The standard InChI is InChI=1S/C22H23BrN4O5/c23-16-6-8-17(9-7-16)26-20(28)14-32-18-4-1-3-15(11-18)12-25-27-22(30)21(29)24-13-19-5-2-10-31-19/h1,3-4,6-9,11-12,19H,2,5,10,13-14H2,(H,24,29)(H,26,28)(H,27,30)/b25-12-/t19-/m0/s1. The van der Waals surface area contributed by atoms with Gasteiger partial charge in [0, 0.05) is 23.3 Å². The molecule has 0 bridgehead atoms. The fraction of sp³-hybridized carbons (Fsp3) is 0.273. The molecule has 0 spiro atoms. The van der Waals surface area contributed by atoms with Gasteiger partial charge in [-0.05, 0) is 54.8 Å². The minimum absolute atomic E-state index is 0.0464. The van der Waals surface area contributed by atoms with Crippen molar-refractivity contribution in [2.45, 2.75) is 18.9 Å². The lowest BCUT2D eigenvalue weighted by Crippen LogP contribution is -2.41. The van der Waals surface area contributed by atoms with Gasteiger partial charge in [0.1, 0.15) is 5.75 Å². The van der Waals surface area contributed by atoms with Gasteiger partial charge in [-0.25, -0.2) is 5.43 Å². The average Bonchev–Trinajstić information content (AvgIpc) is 3.31. The van der Waals surface area contributed by atoms with E-state index >= 15 is 0 Å². The maximum Gasteiger partial charge on any atom is 0.329 e. The first kappa shape index (κ1) is 23.4. The first-order valence-corrected chi connectivity index (χ1v) is 10.8. The van der Waals surface area contributed by atoms with Crippen LogP contribution in [-0.4, -0.2) is 49.8 Å². The summed E-state index contributed by atoms with van der Waals surface area (Å²) in [6, 6.07) is 14.0. The largest absolute Gasteiger partial charge is 0.484 e. The van der Waals surface area contributed by atoms with Crippen molar-refractivity contribution in [3.8, 4) is 5.75 Å². The highest BCUT2D eigenvalue weighted by atomic mass is 79.9. The molecular formula is C22H23BrN4O5. The average molecular weight is 503 g/mol. The van der Waals surface area contributed by atoms with Crippen molar-refractivity contribution in [2.75, 3.05) is 25.1 Å². The normalized spacial score (nSPS) is 15.3. The van der Waals surface area contributed by atoms with Gasteiger partial charge in [0.15, 0.2) is 6.61 Å². The summed E-state index contributed by atoms with van der Waals surface area (Å²) in [6.07, 6.45) is 3.15. The molecule has 0 radical (unpaired) electrons. The van der Waals surface area contributed by atoms with E-state index in [1.54, 1.807) is 36.4 Å². The summed E-state index contributed by atoms with van der Waals surface area (Å²) in [5.74, 6) is -1.48. The molecule has 0 aromatic heterocycles. The highest BCUT2D eigenvalue weighted by molar-refractivity contribution is 9.10. The number of amides is 3. The minimum Gasteiger partial charge on any atom is -0.484 e. The molecule has 1 atom stereocenters. The number of benzene rings is 2. The van der Waals surface area contributed by atoms with Crippen LogP contribution >= 0.6 is 15.9 Å². The summed E-state index contributed by atoms with van der Waals surface area (Å²) in [5, 5.41) is 9.04. The zero-order chi connectivity index (χ0) is 22.8. The van der Waals surface area contributed by atoms with Gasteiger partial charge in [0.05, 0.1) is 12.3 Å². The smallest absolute Gasteiger partial charge is 0.329 e. The van der Waals surface area contributed by atoms with Gasteiger partial charge in [-0.3, -0.25) is 14.4 Å². The molecule has 168 valence electrons. The summed E-state index contributed by atoms with van der Waals surface area (Å²) in [6.45, 7) is 0.804. The number of carbonyl (C=O) groups excluding carboxylic acids is 3. The van der Waals surface area contributed by atoms with E-state index in [1.165, 1.54) is 6.21 Å². The second kappa shape index (κ2) is 12.0. The second-order valence-corrected chi connectivity index (χ2v) is 7.88. The van der Waals surface area contributed by atoms with Crippen LogP contribution in [0.4, 0.5) is 5.69 Å². The Hall–Kier alpha value is -3.24. The van der Waals surface area contributed by atoms with Crippen LogP contribution in [0.2, 0.25) is 0 Å². The Morgan fingerprint density at radius 1 is 1.16 bits per heavy atom. The number of nitrogens with zero attached hydrogens (tertiary/aromatic N) is 1. The maximum atomic E-state index is 12.0. The van der Waals surface area contributed by atoms with Crippen LogP contribution in [0.15, 0.2) is 58.1 Å². The first-order chi connectivity index (χ1) is 15.5. The number of halogens is 1. The van der Waals surface area contributed by atoms with Crippen LogP contribution in [0.25, 0.3) is 0 Å². The first-order valence-electron chi connectivity index (χ1n) is 10.0. The number of anilines is 1. The Morgan fingerprint density at radius 2 is 1.97 bits per heavy atom. The van der Waals surface area contributed by atoms with Crippen LogP contribution < -0.4 is 20.8 Å². The van der Waals surface area contributed by atoms with Crippen molar-refractivity contribution in [1.82, 2.24) is 10.7 Å². The molecule has 3 rings (SSSR count). The molecule has 1 saturated heterocycles. The van der Waals surface area contributed by atoms with Crippen molar-refractivity contribution in [3.63, 3.8) is 0 Å². The van der Waals surface area contributed by atoms with Gasteiger partial charge in [-0.1, -0.05) is 28.1 Å². The van der Waals surface area contributed by atoms with E-state index in [-0.39, 0.29) is 18.6 Å². The number of carbonyl (C=O) groups is 3. The lowest BCUT2D eigenvalue weighted by molar-refractivity contribution is -0.139. The third-order valence-corrected chi connectivity index (χ3v) is 4.98. The summed E-state index contributed by atoms with van der Waals surface area (Å²) in [5.41, 5.74) is 3.46. The number of hydrazone groups is 1. The predicted molar refractivity (Wildman–Crippen MR) is 122 cm³/mol. The third-order valence-electron chi connectivity index (χ3n) is 4.46. The Labute approximate surface area is 193 Å². The van der Waals surface area contributed by atoms with E-state index in [2.05, 4.69) is 37.1 Å². The zero-order valence-electron chi connectivity index (χ0n) is 17.2. The van der Waals surface area contributed by atoms with Gasteiger partial charge in [-0.15, -0.1) is 0 Å². The maximum absolute atomic E-state index is 12.0. The molecule has 1 aliphatic heterocycles. The van der Waals surface area contributed by atoms with Crippen molar-refractivity contribution < 1.29 is 23.9 Å². The highest BCUT2D eigenvalue weighted by Gasteiger charge is 2.18. The number of hydrogen-bond acceptors (Lipinski definition) is 6. The van der Waals surface area contributed by atoms with Crippen molar-refractivity contribution in [1.29, 1.82) is 0 Å². The van der Waals surface area contributed by atoms with E-state index in [4.69, 9.17) is 9.47 Å². The number of hydrogen-bond donors (Lipinski definition) is 3. The quantitative estimate of drug-likeness (QED) is 0.290. The van der Waals surface area contributed by atoms with Crippen LogP contribution in [0.5, 0.6) is 5.75 Å². The molecule has 32 heavy (non-hydrogen) atoms. The topological polar surface area (TPSA) is 118 Å². The minimum atomic E-state index is -0.865. The predicted octanol–water partition coefficient (Wildman–Crippen LogP) is 2.21. The molecule has 0 unspecified atom stereocenters. The van der Waals surface area contributed by atoms with Crippen LogP contribution in [0.3, 0.4) is 0 Å². The van der Waals surface area contributed by atoms with E-state index in [1.807, 2.05) is 12.1 Å². The monoisotopic (exact) mass is 502 g/mol. The third kappa shape index (κ3) is 7.78. The van der Waals surface area contributed by atoms with Crippen molar-refractivity contribution >= 4 is 45.6 Å². The summed E-state index contributed by atoms with van der Waals surface area (Å²) in [7, 11) is 0. The van der Waals surface area contributed by atoms with E-state index in [9.17, 15) is 14.4 Å². The van der Waals surface area contributed by atoms with Crippen LogP contribution in [0.1, 0.15) is 18.4 Å². The second-order valence-electron chi connectivity index (χ2n) is 6.96. The van der Waals surface area contributed by atoms with Gasteiger partial charge in [-0.2, -0.15) is 5.10 Å². The Bertz CT molecular complexity index is 975. The Morgan fingerprint density at radius 3 is 2.72 bits per heavy atom. The zero-order valence-corrected chi connectivity index (χ0v) is 18.8. The van der Waals surface area contributed by atoms with E-state index in [0.29, 0.717) is 30.2 Å². The number of nitrogens with one attached hydrogen (secondary N) is 3. The molecule has 2 aromatic carbocycles. The number of ether oxygens (including phenoxy) is 2. The molecular weight excluding hydrogens is 480 g/mol. The lowest BCUT2D eigenvalue weighted by atomic mass is 10.2. The van der Waals surface area contributed by atoms with Crippen LogP contribution in [-0.2, 0) is 19.1 Å². The van der Waals surface area contributed by atoms with Crippen molar-refractivity contribution in [3.05, 3.63) is 58.6 Å². The Balaban J connectivity index is 1.41. The fourth-order valence-electron chi connectivity index (χ4n) is 2.87. The van der Waals surface area contributed by atoms with E-state index in [0.717, 1.165) is 17.3 Å². The highest BCUT2D eigenvalue weighted by Crippen LogP contribution is 2.15. The molecule has 2 aromatic rings. The lowest BCUT2D eigenvalue weighted by Gasteiger charge is -2.09. The van der Waals surface area contributed by atoms with Crippen LogP contribution in [0, 0.1) is 0 Å². The Kier molecular flexibility index (Phi) is 8.76. The van der Waals surface area contributed by atoms with Gasteiger partial charge >= 0.3 is 11.8 Å². The molecule has 1 heterocycles. The molecule has 1 aliphatic rings. The molecule has 10 heteroatoms. The fourth-order valence-corrected chi connectivity index (χ4v) is 3.14. The van der Waals surface area contributed by atoms with Crippen molar-refractivity contribution in [2.24, 2.45) is 5.10 Å². The molecule has 9 nitrogen and oxygen atoms in total. The molecule has 1 fully saturated rings. The molecule has 0 aliphatic carbocycles. The molecule has 3 amide bonds. The van der Waals surface area contributed by atoms with Gasteiger partial charge in [0.2, 0.25) is 0 Å². The number of rotatable bonds is 8. The summed E-state index contributed by atoms with van der Waals surface area (Å²) >= 11 is 3.34. The van der Waals surface area contributed by atoms with Gasteiger partial charge in [0.25, 0.3) is 5.91 Å². The SMILES string of the molecule is O=C(COc1cccc(/C=N\NC(=O)C(=O)NC[C@@H]2CCCO2)c1)Nc1ccc(Br)cc1.